The Hall–Kier alpha value is -8.16. The first-order valence-electron chi connectivity index (χ1n) is 27.9. The molecule has 82 heavy (non-hydrogen) atoms. The van der Waals surface area contributed by atoms with Gasteiger partial charge in [-0.2, -0.15) is 0 Å². The lowest BCUT2D eigenvalue weighted by molar-refractivity contribution is -0.141. The van der Waals surface area contributed by atoms with Crippen molar-refractivity contribution in [2.45, 2.75) is 180 Å². The summed E-state index contributed by atoms with van der Waals surface area (Å²) in [6, 6.07) is -0.417. The van der Waals surface area contributed by atoms with Gasteiger partial charge in [0.2, 0.25) is 47.3 Å². The van der Waals surface area contributed by atoms with Crippen LogP contribution >= 0.6 is 0 Å². The average molecular weight is 1140 g/mol. The number of primary amides is 1. The van der Waals surface area contributed by atoms with Crippen molar-refractivity contribution in [2.75, 3.05) is 6.54 Å². The molecule has 4 aromatic rings. The number of carbonyl (C=O) groups is 9. The molecule has 0 unspecified atom stereocenters. The second-order valence-electron chi connectivity index (χ2n) is 22.7. The lowest BCUT2D eigenvalue weighted by Crippen LogP contribution is -2.60. The minimum Gasteiger partial charge on any atom is -0.444 e. The standard InChI is InChI=1S/C56H83N15O11/c1-10-33(6)47(53(79)65-39(48(57)74)21-35-25-58-28-61-35)70-52(78)46(32(4)5)69-45(73)24-44(72)38(19-31(2)3)64-50(76)41(22-36-26-59-29-62-36)66-49(75)40(20-34-15-12-11-13-16-34)67-51(77)43-17-14-18-71(43)54(80)42(23-37-27-60-30-63-37)68-55(81)82-56(7,8)9/h11-13,15-16,25-33,38-44,46-47,72H,10,14,17-24H2,1-9H3,(H2,57,74)(H,58,61)(H,59,62)(H,60,63)(H,64,76)(H,65,79)(H,66,75)(H,67,77)(H,68,81)(H,69,73)(H,70,78)/t33-,38-,39-,40-,41-,42-,43-,44-,46-,47-/m0/s1. The van der Waals surface area contributed by atoms with Crippen molar-refractivity contribution in [3.8, 4) is 0 Å². The highest BCUT2D eigenvalue weighted by Gasteiger charge is 2.41. The number of hydrogen-bond donors (Lipinski definition) is 12. The van der Waals surface area contributed by atoms with Gasteiger partial charge in [-0.05, 0) is 63.4 Å². The van der Waals surface area contributed by atoms with Crippen LogP contribution in [0.4, 0.5) is 4.79 Å². The average Bonchev–Trinajstić information content (AvgIpc) is 4.47. The molecule has 1 aliphatic heterocycles. The molecule has 1 fully saturated rings. The van der Waals surface area contributed by atoms with E-state index in [9.17, 15) is 48.3 Å². The number of nitrogens with two attached hydrogens (primary N) is 1. The number of nitrogens with zero attached hydrogens (tertiary/aromatic N) is 4. The number of aromatic nitrogens is 6. The molecule has 13 N–H and O–H groups in total. The SMILES string of the molecule is CC[C@H](C)[C@H](NC(=O)[C@@H](NC(=O)C[C@H](O)[C@H](CC(C)C)NC(=O)[C@H](Cc1cnc[nH]1)NC(=O)[C@H](Cc1ccccc1)NC(=O)[C@@H]1CCCN1C(=O)[C@H](Cc1cnc[nH]1)NC(=O)OC(C)(C)C)C(C)C)C(=O)N[C@@H](Cc1cnc[nH]1)C(N)=O. The van der Waals surface area contributed by atoms with Gasteiger partial charge in [-0.25, -0.2) is 19.7 Å². The van der Waals surface area contributed by atoms with Crippen molar-refractivity contribution in [2.24, 2.45) is 23.5 Å². The number of likely N-dealkylation sites (tertiary alicyclic amines) is 1. The molecule has 1 aromatic carbocycles. The molecule has 1 saturated heterocycles. The van der Waals surface area contributed by atoms with E-state index in [4.69, 9.17) is 10.5 Å². The van der Waals surface area contributed by atoms with Gasteiger partial charge >= 0.3 is 6.09 Å². The van der Waals surface area contributed by atoms with Crippen LogP contribution in [0.5, 0.6) is 0 Å². The smallest absolute Gasteiger partial charge is 0.408 e. The van der Waals surface area contributed by atoms with Crippen LogP contribution in [0, 0.1) is 17.8 Å². The van der Waals surface area contributed by atoms with Crippen molar-refractivity contribution < 1.29 is 53.0 Å². The van der Waals surface area contributed by atoms with Crippen LogP contribution in [0.2, 0.25) is 0 Å². The fourth-order valence-electron chi connectivity index (χ4n) is 9.44. The van der Waals surface area contributed by atoms with E-state index in [1.807, 2.05) is 20.8 Å². The molecule has 0 bridgehead atoms. The number of imidazole rings is 3. The maximum absolute atomic E-state index is 14.7. The number of hydrogen-bond acceptors (Lipinski definition) is 14. The first-order chi connectivity index (χ1) is 38.8. The number of benzene rings is 1. The number of H-pyrrole nitrogens is 3. The van der Waals surface area contributed by atoms with Gasteiger partial charge in [-0.15, -0.1) is 0 Å². The molecule has 3 aromatic heterocycles. The van der Waals surface area contributed by atoms with E-state index in [2.05, 4.69) is 67.1 Å². The third-order valence-corrected chi connectivity index (χ3v) is 13.9. The van der Waals surface area contributed by atoms with E-state index in [1.165, 1.54) is 42.5 Å². The highest BCUT2D eigenvalue weighted by molar-refractivity contribution is 5.97. The topological polar surface area (TPSA) is 383 Å². The zero-order chi connectivity index (χ0) is 60.3. The Morgan fingerprint density at radius 3 is 1.74 bits per heavy atom. The second-order valence-corrected chi connectivity index (χ2v) is 22.7. The molecule has 0 radical (unpaired) electrons. The Bertz CT molecular complexity index is 2710. The molecule has 1 aliphatic rings. The molecular formula is C56H83N15O11. The number of aliphatic hydroxyl groups excluding tert-OH is 1. The number of alkyl carbamates (subject to hydrolysis) is 1. The van der Waals surface area contributed by atoms with E-state index in [0.717, 1.165) is 0 Å². The third-order valence-electron chi connectivity index (χ3n) is 13.9. The summed E-state index contributed by atoms with van der Waals surface area (Å²) in [5, 5.41) is 31.0. The Kier molecular flexibility index (Phi) is 24.1. The van der Waals surface area contributed by atoms with Gasteiger partial charge in [-0.3, -0.25) is 38.4 Å². The van der Waals surface area contributed by atoms with Gasteiger partial charge in [0.25, 0.3) is 0 Å². The second kappa shape index (κ2) is 30.6. The monoisotopic (exact) mass is 1140 g/mol. The molecule has 10 atom stereocenters. The summed E-state index contributed by atoms with van der Waals surface area (Å²) in [5.74, 6) is -6.60. The first kappa shape index (κ1) is 64.7. The molecular weight excluding hydrogens is 1060 g/mol. The Labute approximate surface area is 477 Å². The molecule has 26 heteroatoms. The number of ether oxygens (including phenoxy) is 1. The molecule has 448 valence electrons. The van der Waals surface area contributed by atoms with Gasteiger partial charge < -0.3 is 72.6 Å². The molecule has 0 spiro atoms. The minimum atomic E-state index is -1.51. The van der Waals surface area contributed by atoms with Crippen LogP contribution in [-0.2, 0) is 68.8 Å². The highest BCUT2D eigenvalue weighted by Crippen LogP contribution is 2.22. The molecule has 5 rings (SSSR count). The quantitative estimate of drug-likeness (QED) is 0.0345. The van der Waals surface area contributed by atoms with Crippen LogP contribution in [0.25, 0.3) is 0 Å². The number of amides is 9. The van der Waals surface area contributed by atoms with Crippen molar-refractivity contribution in [3.63, 3.8) is 0 Å². The van der Waals surface area contributed by atoms with Crippen molar-refractivity contribution in [1.29, 1.82) is 0 Å². The molecule has 0 saturated carbocycles. The first-order valence-corrected chi connectivity index (χ1v) is 27.9. The van der Waals surface area contributed by atoms with Gasteiger partial charge in [0.05, 0.1) is 37.5 Å². The summed E-state index contributed by atoms with van der Waals surface area (Å²) in [6.45, 7) is 15.9. The number of rotatable bonds is 30. The highest BCUT2D eigenvalue weighted by atomic mass is 16.6. The van der Waals surface area contributed by atoms with Crippen LogP contribution in [0.15, 0.2) is 67.9 Å². The summed E-state index contributed by atoms with van der Waals surface area (Å²) < 4.78 is 5.46. The summed E-state index contributed by atoms with van der Waals surface area (Å²) in [5.41, 5.74) is 6.99. The predicted octanol–water partition coefficient (Wildman–Crippen LogP) is 0.904. The summed E-state index contributed by atoms with van der Waals surface area (Å²) >= 11 is 0. The lowest BCUT2D eigenvalue weighted by Gasteiger charge is -2.31. The number of carbonyl (C=O) groups excluding carboxylic acids is 9. The number of nitrogens with one attached hydrogen (secondary N) is 10. The lowest BCUT2D eigenvalue weighted by atomic mass is 9.95. The zero-order valence-corrected chi connectivity index (χ0v) is 48.2. The zero-order valence-electron chi connectivity index (χ0n) is 48.2. The summed E-state index contributed by atoms with van der Waals surface area (Å²) in [6.07, 6.45) is 7.09. The van der Waals surface area contributed by atoms with Crippen molar-refractivity contribution in [1.82, 2.24) is 72.0 Å². The summed E-state index contributed by atoms with van der Waals surface area (Å²) in [7, 11) is 0. The van der Waals surface area contributed by atoms with Crippen LogP contribution < -0.4 is 43.0 Å². The maximum atomic E-state index is 14.7. The fourth-order valence-corrected chi connectivity index (χ4v) is 9.44. The molecule has 0 aliphatic carbocycles. The van der Waals surface area contributed by atoms with E-state index >= 15 is 0 Å². The van der Waals surface area contributed by atoms with Gasteiger partial charge in [0, 0.05) is 67.9 Å². The Morgan fingerprint density at radius 1 is 0.683 bits per heavy atom. The molecule has 26 nitrogen and oxygen atoms in total. The van der Waals surface area contributed by atoms with Crippen molar-refractivity contribution in [3.05, 3.63) is 90.5 Å². The van der Waals surface area contributed by atoms with E-state index < -0.39 is 132 Å². The Balaban J connectivity index is 1.31. The van der Waals surface area contributed by atoms with Gasteiger partial charge in [0.1, 0.15) is 47.9 Å². The van der Waals surface area contributed by atoms with Crippen LogP contribution in [-0.4, -0.2) is 160 Å². The predicted molar refractivity (Wildman–Crippen MR) is 300 cm³/mol. The van der Waals surface area contributed by atoms with Crippen LogP contribution in [0.3, 0.4) is 0 Å². The van der Waals surface area contributed by atoms with E-state index in [-0.39, 0.29) is 51.0 Å². The third kappa shape index (κ3) is 20.1. The van der Waals surface area contributed by atoms with Crippen LogP contribution in [0.1, 0.15) is 117 Å². The van der Waals surface area contributed by atoms with Gasteiger partial charge in [-0.1, -0.05) is 78.3 Å². The van der Waals surface area contributed by atoms with E-state index in [0.29, 0.717) is 35.5 Å². The summed E-state index contributed by atoms with van der Waals surface area (Å²) in [4.78, 5) is 147. The molecule has 9 amide bonds. The fraction of sp³-hybridized carbons (Fsp3) is 0.571. The molecule has 4 heterocycles. The van der Waals surface area contributed by atoms with E-state index in [1.54, 1.807) is 71.9 Å². The minimum absolute atomic E-state index is 0.0149. The number of aromatic amines is 3. The Morgan fingerprint density at radius 2 is 1.22 bits per heavy atom. The normalized spacial score (nSPS) is 16.7. The number of aliphatic hydroxyl groups is 1. The van der Waals surface area contributed by atoms with Crippen molar-refractivity contribution >= 4 is 53.4 Å². The van der Waals surface area contributed by atoms with Gasteiger partial charge in [0.15, 0.2) is 0 Å². The maximum Gasteiger partial charge on any atom is 0.408 e. The largest absolute Gasteiger partial charge is 0.444 e.